The Morgan fingerprint density at radius 3 is 2.65 bits per heavy atom. The van der Waals surface area contributed by atoms with Gasteiger partial charge in [-0.05, 0) is 43.7 Å². The molecule has 3 nitrogen and oxygen atoms in total. The van der Waals surface area contributed by atoms with Crippen molar-refractivity contribution < 1.29 is 9.18 Å². The van der Waals surface area contributed by atoms with Crippen LogP contribution in [-0.2, 0) is 6.54 Å². The Hall–Kier alpha value is -1.88. The number of halogens is 2. The molecule has 2 amide bonds. The standard InChI is InChI=1S/C18H18BrFN2O/c1-12-3-6-17(20)14(9-12)11-21-7-8-22(18(21)23)15-4-5-16(19)13(2)10-15/h3-6,9-10H,7-8,11H2,1-2H3. The number of urea groups is 1. The van der Waals surface area contributed by atoms with Gasteiger partial charge in [0.15, 0.2) is 0 Å². The fourth-order valence-corrected chi connectivity index (χ4v) is 3.04. The van der Waals surface area contributed by atoms with Crippen LogP contribution in [0.1, 0.15) is 16.7 Å². The van der Waals surface area contributed by atoms with Gasteiger partial charge in [0.1, 0.15) is 5.82 Å². The van der Waals surface area contributed by atoms with E-state index in [9.17, 15) is 9.18 Å². The first kappa shape index (κ1) is 16.0. The topological polar surface area (TPSA) is 23.6 Å². The van der Waals surface area contributed by atoms with Crippen LogP contribution in [-0.4, -0.2) is 24.0 Å². The molecule has 0 atom stereocenters. The molecule has 1 aliphatic heterocycles. The highest BCUT2D eigenvalue weighted by molar-refractivity contribution is 9.10. The average molecular weight is 377 g/mol. The first-order valence-electron chi connectivity index (χ1n) is 7.53. The molecule has 2 aromatic carbocycles. The number of carbonyl (C=O) groups is 1. The van der Waals surface area contributed by atoms with Crippen molar-refractivity contribution in [3.63, 3.8) is 0 Å². The van der Waals surface area contributed by atoms with Crippen molar-refractivity contribution in [2.45, 2.75) is 20.4 Å². The molecule has 1 saturated heterocycles. The Labute approximate surface area is 143 Å². The molecule has 0 bridgehead atoms. The second-order valence-electron chi connectivity index (χ2n) is 5.88. The predicted molar refractivity (Wildman–Crippen MR) is 93.2 cm³/mol. The van der Waals surface area contributed by atoms with Gasteiger partial charge in [-0.2, -0.15) is 0 Å². The van der Waals surface area contributed by atoms with Gasteiger partial charge in [0.2, 0.25) is 0 Å². The second kappa shape index (κ2) is 6.32. The predicted octanol–water partition coefficient (Wildman–Crippen LogP) is 4.65. The van der Waals surface area contributed by atoms with Crippen LogP contribution < -0.4 is 4.90 Å². The van der Waals surface area contributed by atoms with Gasteiger partial charge >= 0.3 is 6.03 Å². The van der Waals surface area contributed by atoms with Crippen LogP contribution >= 0.6 is 15.9 Å². The van der Waals surface area contributed by atoms with Crippen LogP contribution in [0, 0.1) is 19.7 Å². The van der Waals surface area contributed by atoms with Gasteiger partial charge in [-0.25, -0.2) is 9.18 Å². The summed E-state index contributed by atoms with van der Waals surface area (Å²) >= 11 is 3.47. The summed E-state index contributed by atoms with van der Waals surface area (Å²) in [6.45, 7) is 5.44. The normalized spacial score (nSPS) is 14.7. The lowest BCUT2D eigenvalue weighted by atomic mass is 10.1. The van der Waals surface area contributed by atoms with Crippen molar-refractivity contribution in [1.82, 2.24) is 4.90 Å². The summed E-state index contributed by atoms with van der Waals surface area (Å²) in [5.74, 6) is -0.263. The Morgan fingerprint density at radius 2 is 1.91 bits per heavy atom. The van der Waals surface area contributed by atoms with E-state index >= 15 is 0 Å². The Kier molecular flexibility index (Phi) is 4.39. The van der Waals surface area contributed by atoms with Gasteiger partial charge in [0, 0.05) is 28.8 Å². The van der Waals surface area contributed by atoms with E-state index in [4.69, 9.17) is 0 Å². The van der Waals surface area contributed by atoms with Crippen molar-refractivity contribution in [2.24, 2.45) is 0 Å². The Balaban J connectivity index is 1.78. The van der Waals surface area contributed by atoms with E-state index in [1.54, 1.807) is 21.9 Å². The van der Waals surface area contributed by atoms with E-state index in [0.29, 0.717) is 25.2 Å². The molecule has 1 aliphatic rings. The van der Waals surface area contributed by atoms with E-state index in [1.807, 2.05) is 32.0 Å². The zero-order chi connectivity index (χ0) is 16.6. The average Bonchev–Trinajstić information content (AvgIpc) is 2.87. The summed E-state index contributed by atoms with van der Waals surface area (Å²) in [5.41, 5.74) is 3.52. The lowest BCUT2D eigenvalue weighted by Crippen LogP contribution is -2.31. The third-order valence-corrected chi connectivity index (χ3v) is 5.00. The number of rotatable bonds is 3. The quantitative estimate of drug-likeness (QED) is 0.764. The van der Waals surface area contributed by atoms with E-state index in [1.165, 1.54) is 6.07 Å². The Bertz CT molecular complexity index is 763. The summed E-state index contributed by atoms with van der Waals surface area (Å²) in [6.07, 6.45) is 0. The molecule has 1 fully saturated rings. The van der Waals surface area contributed by atoms with E-state index < -0.39 is 0 Å². The molecule has 2 aromatic rings. The first-order chi connectivity index (χ1) is 11.0. The maximum absolute atomic E-state index is 13.9. The first-order valence-corrected chi connectivity index (χ1v) is 8.32. The van der Waals surface area contributed by atoms with Gasteiger partial charge in [-0.15, -0.1) is 0 Å². The van der Waals surface area contributed by atoms with Crippen LogP contribution in [0.15, 0.2) is 40.9 Å². The minimum absolute atomic E-state index is 0.0763. The number of amides is 2. The number of hydrogen-bond donors (Lipinski definition) is 0. The van der Waals surface area contributed by atoms with Crippen LogP contribution in [0.3, 0.4) is 0 Å². The summed E-state index contributed by atoms with van der Waals surface area (Å²) in [7, 11) is 0. The number of aryl methyl sites for hydroxylation is 2. The third kappa shape index (κ3) is 3.24. The molecule has 5 heteroatoms. The van der Waals surface area contributed by atoms with Gasteiger partial charge in [0.05, 0.1) is 6.54 Å². The minimum atomic E-state index is -0.263. The molecular weight excluding hydrogens is 359 g/mol. The number of nitrogens with zero attached hydrogens (tertiary/aromatic N) is 2. The van der Waals surface area contributed by atoms with E-state index in [0.717, 1.165) is 21.3 Å². The van der Waals surface area contributed by atoms with Gasteiger partial charge in [-0.1, -0.05) is 33.6 Å². The fraction of sp³-hybridized carbons (Fsp3) is 0.278. The molecule has 0 saturated carbocycles. The summed E-state index contributed by atoms with van der Waals surface area (Å²) in [6, 6.07) is 10.8. The largest absolute Gasteiger partial charge is 0.324 e. The summed E-state index contributed by atoms with van der Waals surface area (Å²) in [5, 5.41) is 0. The molecule has 3 rings (SSSR count). The molecule has 0 radical (unpaired) electrons. The third-order valence-electron chi connectivity index (χ3n) is 4.11. The van der Waals surface area contributed by atoms with Crippen molar-refractivity contribution in [1.29, 1.82) is 0 Å². The number of carbonyl (C=O) groups excluding carboxylic acids is 1. The minimum Gasteiger partial charge on any atom is -0.318 e. The molecule has 23 heavy (non-hydrogen) atoms. The Morgan fingerprint density at radius 1 is 1.13 bits per heavy atom. The lowest BCUT2D eigenvalue weighted by molar-refractivity contribution is 0.218. The summed E-state index contributed by atoms with van der Waals surface area (Å²) in [4.78, 5) is 16.1. The van der Waals surface area contributed by atoms with Crippen molar-refractivity contribution in [2.75, 3.05) is 18.0 Å². The molecule has 1 heterocycles. The SMILES string of the molecule is Cc1ccc(F)c(CN2CCN(c3ccc(Br)c(C)c3)C2=O)c1. The number of benzene rings is 2. The number of anilines is 1. The molecule has 0 spiro atoms. The highest BCUT2D eigenvalue weighted by atomic mass is 79.9. The van der Waals surface area contributed by atoms with Gasteiger partial charge in [0.25, 0.3) is 0 Å². The molecule has 0 aliphatic carbocycles. The smallest absolute Gasteiger partial charge is 0.318 e. The maximum atomic E-state index is 13.9. The zero-order valence-electron chi connectivity index (χ0n) is 13.1. The zero-order valence-corrected chi connectivity index (χ0v) is 14.7. The molecule has 120 valence electrons. The lowest BCUT2D eigenvalue weighted by Gasteiger charge is -2.20. The van der Waals surface area contributed by atoms with Crippen LogP contribution in [0.25, 0.3) is 0 Å². The van der Waals surface area contributed by atoms with E-state index in [-0.39, 0.29) is 11.8 Å². The maximum Gasteiger partial charge on any atom is 0.324 e. The number of hydrogen-bond acceptors (Lipinski definition) is 1. The monoisotopic (exact) mass is 376 g/mol. The van der Waals surface area contributed by atoms with Crippen molar-refractivity contribution in [3.8, 4) is 0 Å². The highest BCUT2D eigenvalue weighted by Gasteiger charge is 2.30. The van der Waals surface area contributed by atoms with Crippen LogP contribution in [0.5, 0.6) is 0 Å². The van der Waals surface area contributed by atoms with Gasteiger partial charge < -0.3 is 4.90 Å². The van der Waals surface area contributed by atoms with Crippen molar-refractivity contribution in [3.05, 3.63) is 63.4 Å². The highest BCUT2D eigenvalue weighted by Crippen LogP contribution is 2.26. The molecular formula is C18H18BrFN2O. The van der Waals surface area contributed by atoms with Crippen LogP contribution in [0.2, 0.25) is 0 Å². The van der Waals surface area contributed by atoms with Crippen LogP contribution in [0.4, 0.5) is 14.9 Å². The molecule has 0 aromatic heterocycles. The molecule has 0 N–H and O–H groups in total. The fourth-order valence-electron chi connectivity index (χ4n) is 2.80. The van der Waals surface area contributed by atoms with Gasteiger partial charge in [-0.3, -0.25) is 4.90 Å². The second-order valence-corrected chi connectivity index (χ2v) is 6.74. The summed E-state index contributed by atoms with van der Waals surface area (Å²) < 4.78 is 14.9. The molecule has 0 unspecified atom stereocenters. The van der Waals surface area contributed by atoms with Crippen molar-refractivity contribution >= 4 is 27.6 Å². The van der Waals surface area contributed by atoms with E-state index in [2.05, 4.69) is 15.9 Å².